The SMILES string of the molecule is COC(CF)CN(CCCCc1ccc2c(n1)NCCC2)CCC(NC(=O)C(C)(C)c1cncc(Cl)c1)C(=O)O. The number of carbonyl (C=O) groups excluding carboxylic acids is 1. The molecule has 0 bridgehead atoms. The number of halogens is 2. The van der Waals surface area contributed by atoms with Gasteiger partial charge in [0.25, 0.3) is 0 Å². The maximum atomic E-state index is 13.5. The van der Waals surface area contributed by atoms with Gasteiger partial charge >= 0.3 is 5.97 Å². The molecule has 0 fully saturated rings. The molecular formula is C29H41ClFN5O4. The summed E-state index contributed by atoms with van der Waals surface area (Å²) in [5.41, 5.74) is 1.83. The number of rotatable bonds is 16. The third-order valence-electron chi connectivity index (χ3n) is 7.41. The van der Waals surface area contributed by atoms with Crippen molar-refractivity contribution in [3.05, 3.63) is 52.4 Å². The number of nitrogens with one attached hydrogen (secondary N) is 2. The van der Waals surface area contributed by atoms with Crippen LogP contribution in [0.4, 0.5) is 10.2 Å². The molecule has 0 saturated heterocycles. The maximum Gasteiger partial charge on any atom is 0.326 e. The molecule has 9 nitrogen and oxygen atoms in total. The summed E-state index contributed by atoms with van der Waals surface area (Å²) >= 11 is 6.04. The number of aliphatic carboxylic acids is 1. The number of aromatic nitrogens is 2. The normalized spacial score (nSPS) is 14.8. The number of alkyl halides is 1. The Labute approximate surface area is 240 Å². The van der Waals surface area contributed by atoms with Crippen molar-refractivity contribution in [2.45, 2.75) is 69.9 Å². The number of fused-ring (bicyclic) bond motifs is 1. The summed E-state index contributed by atoms with van der Waals surface area (Å²) in [6.45, 7) is 5.02. The van der Waals surface area contributed by atoms with Gasteiger partial charge in [0.1, 0.15) is 18.5 Å². The first-order valence-corrected chi connectivity index (χ1v) is 14.2. The van der Waals surface area contributed by atoms with Gasteiger partial charge in [0.05, 0.1) is 16.5 Å². The van der Waals surface area contributed by atoms with Gasteiger partial charge in [0, 0.05) is 44.8 Å². The largest absolute Gasteiger partial charge is 0.480 e. The first-order chi connectivity index (χ1) is 19.1. The Morgan fingerprint density at radius 3 is 2.77 bits per heavy atom. The lowest BCUT2D eigenvalue weighted by atomic mass is 9.84. The Balaban J connectivity index is 1.57. The lowest BCUT2D eigenvalue weighted by Gasteiger charge is -2.29. The predicted molar refractivity (Wildman–Crippen MR) is 154 cm³/mol. The lowest BCUT2D eigenvalue weighted by molar-refractivity contribution is -0.143. The summed E-state index contributed by atoms with van der Waals surface area (Å²) in [6, 6.07) is 4.75. The number of aryl methyl sites for hydroxylation is 2. The average molecular weight is 578 g/mol. The van der Waals surface area contributed by atoms with Gasteiger partial charge in [0.2, 0.25) is 5.91 Å². The number of hydrogen-bond acceptors (Lipinski definition) is 7. The number of carboxylic acid groups (broad SMARTS) is 1. The monoisotopic (exact) mass is 577 g/mol. The molecule has 1 aliphatic heterocycles. The maximum absolute atomic E-state index is 13.5. The molecule has 220 valence electrons. The van der Waals surface area contributed by atoms with E-state index < -0.39 is 36.1 Å². The standard InChI is InChI=1S/C29H41ClFN5O4/c1-29(2,21-15-22(30)18-32-17-21)28(39)35-25(27(37)38)11-14-36(19-24(16-31)40-3)13-5-4-8-23-10-9-20-7-6-12-33-26(20)34-23/h9-10,15,17-18,24-25H,4-8,11-14,16,19H2,1-3H3,(H,33,34)(H,35,39)(H,37,38). The Morgan fingerprint density at radius 1 is 1.27 bits per heavy atom. The molecule has 2 atom stereocenters. The molecule has 2 aromatic rings. The topological polar surface area (TPSA) is 117 Å². The minimum atomic E-state index is -1.13. The molecule has 2 unspecified atom stereocenters. The van der Waals surface area contributed by atoms with Crippen LogP contribution in [0.2, 0.25) is 5.02 Å². The highest BCUT2D eigenvalue weighted by Crippen LogP contribution is 2.25. The van der Waals surface area contributed by atoms with Crippen LogP contribution < -0.4 is 10.6 Å². The van der Waals surface area contributed by atoms with Gasteiger partial charge in [-0.25, -0.2) is 14.2 Å². The van der Waals surface area contributed by atoms with Crippen molar-refractivity contribution in [1.82, 2.24) is 20.2 Å². The van der Waals surface area contributed by atoms with Crippen molar-refractivity contribution in [2.24, 2.45) is 0 Å². The van der Waals surface area contributed by atoms with Crippen LogP contribution >= 0.6 is 11.6 Å². The number of nitrogens with zero attached hydrogens (tertiary/aromatic N) is 3. The average Bonchev–Trinajstić information content (AvgIpc) is 2.95. The van der Waals surface area contributed by atoms with E-state index >= 15 is 0 Å². The van der Waals surface area contributed by atoms with Crippen molar-refractivity contribution < 1.29 is 23.8 Å². The molecule has 40 heavy (non-hydrogen) atoms. The molecule has 0 aromatic carbocycles. The summed E-state index contributed by atoms with van der Waals surface area (Å²) in [7, 11) is 1.46. The van der Waals surface area contributed by atoms with Gasteiger partial charge in [-0.05, 0) is 82.2 Å². The summed E-state index contributed by atoms with van der Waals surface area (Å²) in [5, 5.41) is 16.3. The molecule has 0 spiro atoms. The molecular weight excluding hydrogens is 537 g/mol. The molecule has 3 N–H and O–H groups in total. The zero-order valence-electron chi connectivity index (χ0n) is 23.6. The van der Waals surface area contributed by atoms with E-state index in [-0.39, 0.29) is 6.42 Å². The van der Waals surface area contributed by atoms with E-state index in [0.29, 0.717) is 30.2 Å². The zero-order chi connectivity index (χ0) is 29.1. The van der Waals surface area contributed by atoms with Crippen molar-refractivity contribution >= 4 is 29.3 Å². The number of amides is 1. The van der Waals surface area contributed by atoms with E-state index in [9.17, 15) is 19.1 Å². The minimum absolute atomic E-state index is 0.158. The summed E-state index contributed by atoms with van der Waals surface area (Å²) in [6.07, 6.45) is 7.26. The highest BCUT2D eigenvalue weighted by molar-refractivity contribution is 6.30. The summed E-state index contributed by atoms with van der Waals surface area (Å²) < 4.78 is 18.7. The zero-order valence-corrected chi connectivity index (χ0v) is 24.3. The van der Waals surface area contributed by atoms with Crippen LogP contribution in [-0.2, 0) is 32.6 Å². The second kappa shape index (κ2) is 15.3. The number of ether oxygens (including phenoxy) is 1. The molecule has 0 saturated carbocycles. The predicted octanol–water partition coefficient (Wildman–Crippen LogP) is 4.03. The Bertz CT molecular complexity index is 1130. The number of hydrogen-bond donors (Lipinski definition) is 3. The van der Waals surface area contributed by atoms with Crippen LogP contribution in [0.15, 0.2) is 30.6 Å². The fourth-order valence-electron chi connectivity index (χ4n) is 4.71. The second-order valence-corrected chi connectivity index (χ2v) is 11.2. The van der Waals surface area contributed by atoms with E-state index in [4.69, 9.17) is 21.3 Å². The Kier molecular flexibility index (Phi) is 12.1. The van der Waals surface area contributed by atoms with E-state index in [1.165, 1.54) is 18.9 Å². The van der Waals surface area contributed by atoms with Gasteiger partial charge < -0.3 is 25.4 Å². The first kappa shape index (κ1) is 31.7. The Morgan fingerprint density at radius 2 is 2.08 bits per heavy atom. The van der Waals surface area contributed by atoms with Crippen LogP contribution in [0.5, 0.6) is 0 Å². The number of methoxy groups -OCH3 is 1. The lowest BCUT2D eigenvalue weighted by Crippen LogP contribution is -2.49. The highest BCUT2D eigenvalue weighted by Gasteiger charge is 2.33. The van der Waals surface area contributed by atoms with Gasteiger partial charge in [-0.15, -0.1) is 0 Å². The van der Waals surface area contributed by atoms with Crippen molar-refractivity contribution in [3.63, 3.8) is 0 Å². The summed E-state index contributed by atoms with van der Waals surface area (Å²) in [5.74, 6) is -0.594. The fourth-order valence-corrected chi connectivity index (χ4v) is 4.88. The van der Waals surface area contributed by atoms with Gasteiger partial charge in [-0.1, -0.05) is 17.7 Å². The van der Waals surface area contributed by atoms with E-state index in [0.717, 1.165) is 50.2 Å². The van der Waals surface area contributed by atoms with Crippen LogP contribution in [-0.4, -0.2) is 84.0 Å². The Hall–Kier alpha value is -2.82. The number of anilines is 1. The van der Waals surface area contributed by atoms with Crippen molar-refractivity contribution in [1.29, 1.82) is 0 Å². The van der Waals surface area contributed by atoms with Crippen molar-refractivity contribution in [2.75, 3.05) is 45.3 Å². The van der Waals surface area contributed by atoms with Crippen molar-refractivity contribution in [3.8, 4) is 0 Å². The van der Waals surface area contributed by atoms with Gasteiger partial charge in [-0.3, -0.25) is 9.78 Å². The third-order valence-corrected chi connectivity index (χ3v) is 7.61. The van der Waals surface area contributed by atoms with E-state index in [2.05, 4.69) is 27.8 Å². The number of carbonyl (C=O) groups is 2. The smallest absolute Gasteiger partial charge is 0.326 e. The summed E-state index contributed by atoms with van der Waals surface area (Å²) in [4.78, 5) is 35.9. The highest BCUT2D eigenvalue weighted by atomic mass is 35.5. The minimum Gasteiger partial charge on any atom is -0.480 e. The quantitative estimate of drug-likeness (QED) is 0.256. The number of unbranched alkanes of at least 4 members (excludes halogenated alkanes) is 1. The number of pyridine rings is 2. The second-order valence-electron chi connectivity index (χ2n) is 10.8. The molecule has 0 radical (unpaired) electrons. The third kappa shape index (κ3) is 9.11. The molecule has 3 heterocycles. The van der Waals surface area contributed by atoms with Crippen LogP contribution in [0.25, 0.3) is 0 Å². The van der Waals surface area contributed by atoms with E-state index in [1.54, 1.807) is 26.1 Å². The van der Waals surface area contributed by atoms with Gasteiger partial charge in [0.15, 0.2) is 0 Å². The molecule has 3 rings (SSSR count). The van der Waals surface area contributed by atoms with Crippen LogP contribution in [0.1, 0.15) is 56.4 Å². The van der Waals surface area contributed by atoms with Crippen LogP contribution in [0.3, 0.4) is 0 Å². The molecule has 0 aliphatic carbocycles. The first-order valence-electron chi connectivity index (χ1n) is 13.8. The fraction of sp³-hybridized carbons (Fsp3) is 0.586. The molecule has 1 amide bonds. The van der Waals surface area contributed by atoms with E-state index in [1.807, 2.05) is 4.90 Å². The van der Waals surface area contributed by atoms with Crippen LogP contribution in [0, 0.1) is 0 Å². The molecule has 11 heteroatoms. The molecule has 2 aromatic heterocycles. The molecule has 1 aliphatic rings. The van der Waals surface area contributed by atoms with Gasteiger partial charge in [-0.2, -0.15) is 0 Å². The number of carboxylic acids is 1.